The van der Waals surface area contributed by atoms with Crippen molar-refractivity contribution < 1.29 is 14.1 Å². The topological polar surface area (TPSA) is 55.6 Å². The van der Waals surface area contributed by atoms with Gasteiger partial charge in [-0.1, -0.05) is 30.8 Å². The number of ether oxygens (including phenoxy) is 1. The molecule has 5 nitrogen and oxygen atoms in total. The highest BCUT2D eigenvalue weighted by Gasteiger charge is 2.37. The molecule has 0 bridgehead atoms. The summed E-state index contributed by atoms with van der Waals surface area (Å²) in [5, 5.41) is 3.92. The zero-order valence-corrected chi connectivity index (χ0v) is 13.5. The molecule has 122 valence electrons. The third-order valence-corrected chi connectivity index (χ3v) is 5.18. The van der Waals surface area contributed by atoms with Crippen molar-refractivity contribution in [1.29, 1.82) is 0 Å². The minimum absolute atomic E-state index is 0.00873. The molecule has 5 heteroatoms. The van der Waals surface area contributed by atoms with Gasteiger partial charge in [0.05, 0.1) is 0 Å². The fourth-order valence-electron chi connectivity index (χ4n) is 4.05. The van der Waals surface area contributed by atoms with E-state index in [1.54, 1.807) is 13.2 Å². The van der Waals surface area contributed by atoms with Gasteiger partial charge in [-0.05, 0) is 31.1 Å². The number of carbonyl (C=O) groups is 1. The second-order valence-electron chi connectivity index (χ2n) is 6.86. The molecule has 1 saturated carbocycles. The lowest BCUT2D eigenvalue weighted by Gasteiger charge is -2.42. The summed E-state index contributed by atoms with van der Waals surface area (Å²) in [6, 6.07) is 1.71. The molecule has 1 aromatic rings. The minimum Gasteiger partial charge on any atom is -0.377 e. The lowest BCUT2D eigenvalue weighted by Crippen LogP contribution is -2.46. The fourth-order valence-corrected chi connectivity index (χ4v) is 4.05. The van der Waals surface area contributed by atoms with E-state index in [1.807, 2.05) is 4.90 Å². The number of rotatable bonds is 3. The van der Waals surface area contributed by atoms with Gasteiger partial charge in [-0.15, -0.1) is 0 Å². The maximum atomic E-state index is 12.7. The molecule has 2 aliphatic rings. The predicted octanol–water partition coefficient (Wildman–Crippen LogP) is 3.40. The first-order valence-electron chi connectivity index (χ1n) is 8.46. The van der Waals surface area contributed by atoms with Crippen LogP contribution in [0.4, 0.5) is 0 Å². The number of amides is 1. The highest BCUT2D eigenvalue weighted by Crippen LogP contribution is 2.42. The van der Waals surface area contributed by atoms with E-state index in [0.717, 1.165) is 19.5 Å². The summed E-state index contributed by atoms with van der Waals surface area (Å²) in [7, 11) is 1.60. The smallest absolute Gasteiger partial charge is 0.276 e. The molecular weight excluding hydrogens is 280 g/mol. The van der Waals surface area contributed by atoms with Crippen molar-refractivity contribution >= 4 is 5.91 Å². The van der Waals surface area contributed by atoms with Crippen molar-refractivity contribution in [2.75, 3.05) is 20.2 Å². The van der Waals surface area contributed by atoms with Crippen LogP contribution in [0.5, 0.6) is 0 Å². The molecule has 22 heavy (non-hydrogen) atoms. The van der Waals surface area contributed by atoms with Crippen molar-refractivity contribution in [3.8, 4) is 0 Å². The molecule has 0 unspecified atom stereocenters. The van der Waals surface area contributed by atoms with Crippen LogP contribution in [0.2, 0.25) is 0 Å². The van der Waals surface area contributed by atoms with Gasteiger partial charge in [0.2, 0.25) is 0 Å². The Kier molecular flexibility index (Phi) is 4.81. The molecule has 0 atom stereocenters. The number of nitrogens with zero attached hydrogens (tertiary/aromatic N) is 2. The van der Waals surface area contributed by atoms with Gasteiger partial charge in [-0.2, -0.15) is 0 Å². The van der Waals surface area contributed by atoms with Gasteiger partial charge in [0, 0.05) is 26.3 Å². The average Bonchev–Trinajstić information content (AvgIpc) is 2.88. The standard InChI is InChI=1S/C17H26N2O3/c1-21-12-14-11-15(18-22-14)16(20)19-10-6-9-17(13-19)7-4-2-3-5-8-17/h11H,2-10,12-13H2,1H3. The first kappa shape index (κ1) is 15.5. The van der Waals surface area contributed by atoms with Crippen LogP contribution in [-0.2, 0) is 11.3 Å². The van der Waals surface area contributed by atoms with E-state index in [9.17, 15) is 4.79 Å². The zero-order chi connectivity index (χ0) is 15.4. The summed E-state index contributed by atoms with van der Waals surface area (Å²) in [5.74, 6) is 0.612. The molecule has 3 rings (SSSR count). The van der Waals surface area contributed by atoms with Gasteiger partial charge in [-0.3, -0.25) is 4.79 Å². The Morgan fingerprint density at radius 2 is 2.00 bits per heavy atom. The van der Waals surface area contributed by atoms with Gasteiger partial charge >= 0.3 is 0 Å². The molecule has 0 N–H and O–H groups in total. The van der Waals surface area contributed by atoms with E-state index in [4.69, 9.17) is 9.26 Å². The molecule has 1 aliphatic heterocycles. The largest absolute Gasteiger partial charge is 0.377 e. The Hall–Kier alpha value is -1.36. The number of hydrogen-bond donors (Lipinski definition) is 0. The molecule has 2 heterocycles. The summed E-state index contributed by atoms with van der Waals surface area (Å²) in [6.07, 6.45) is 10.2. The van der Waals surface area contributed by atoms with Crippen molar-refractivity contribution in [1.82, 2.24) is 10.1 Å². The first-order chi connectivity index (χ1) is 10.7. The fraction of sp³-hybridized carbons (Fsp3) is 0.765. The lowest BCUT2D eigenvalue weighted by atomic mass is 9.74. The summed E-state index contributed by atoms with van der Waals surface area (Å²) < 4.78 is 10.2. The molecule has 0 radical (unpaired) electrons. The van der Waals surface area contributed by atoms with Crippen LogP contribution in [-0.4, -0.2) is 36.2 Å². The maximum Gasteiger partial charge on any atom is 0.276 e. The number of methoxy groups -OCH3 is 1. The first-order valence-corrected chi connectivity index (χ1v) is 8.46. The maximum absolute atomic E-state index is 12.7. The highest BCUT2D eigenvalue weighted by atomic mass is 16.5. The molecule has 0 aromatic carbocycles. The number of piperidine rings is 1. The summed E-state index contributed by atoms with van der Waals surface area (Å²) in [4.78, 5) is 14.7. The van der Waals surface area contributed by atoms with E-state index in [-0.39, 0.29) is 5.91 Å². The molecule has 1 aliphatic carbocycles. The third-order valence-electron chi connectivity index (χ3n) is 5.18. The number of hydrogen-bond acceptors (Lipinski definition) is 4. The van der Waals surface area contributed by atoms with Crippen LogP contribution in [0.25, 0.3) is 0 Å². The van der Waals surface area contributed by atoms with E-state index in [1.165, 1.54) is 44.9 Å². The number of likely N-dealkylation sites (tertiary alicyclic amines) is 1. The Labute approximate surface area is 132 Å². The molecular formula is C17H26N2O3. The lowest BCUT2D eigenvalue weighted by molar-refractivity contribution is 0.0456. The number of aromatic nitrogens is 1. The normalized spacial score (nSPS) is 21.8. The SMILES string of the molecule is COCc1cc(C(=O)N2CCCC3(CCCCCC3)C2)no1. The van der Waals surface area contributed by atoms with Crippen LogP contribution in [0.1, 0.15) is 67.6 Å². The summed E-state index contributed by atoms with van der Waals surface area (Å²) >= 11 is 0. The molecule has 2 fully saturated rings. The van der Waals surface area contributed by atoms with Gasteiger partial charge in [-0.25, -0.2) is 0 Å². The van der Waals surface area contributed by atoms with Crippen LogP contribution in [0.15, 0.2) is 10.6 Å². The average molecular weight is 306 g/mol. The van der Waals surface area contributed by atoms with Crippen LogP contribution in [0, 0.1) is 5.41 Å². The van der Waals surface area contributed by atoms with Crippen molar-refractivity contribution in [2.24, 2.45) is 5.41 Å². The van der Waals surface area contributed by atoms with Crippen molar-refractivity contribution in [2.45, 2.75) is 58.0 Å². The Morgan fingerprint density at radius 1 is 1.27 bits per heavy atom. The monoisotopic (exact) mass is 306 g/mol. The molecule has 1 saturated heterocycles. The minimum atomic E-state index is 0.00873. The second kappa shape index (κ2) is 6.82. The van der Waals surface area contributed by atoms with Gasteiger partial charge in [0.15, 0.2) is 11.5 Å². The highest BCUT2D eigenvalue weighted by molar-refractivity contribution is 5.92. The molecule has 1 spiro atoms. The zero-order valence-electron chi connectivity index (χ0n) is 13.5. The van der Waals surface area contributed by atoms with E-state index in [0.29, 0.717) is 23.5 Å². The van der Waals surface area contributed by atoms with Crippen molar-refractivity contribution in [3.63, 3.8) is 0 Å². The van der Waals surface area contributed by atoms with Crippen LogP contribution in [0.3, 0.4) is 0 Å². The van der Waals surface area contributed by atoms with E-state index >= 15 is 0 Å². The van der Waals surface area contributed by atoms with E-state index in [2.05, 4.69) is 5.16 Å². The molecule has 1 aromatic heterocycles. The Balaban J connectivity index is 1.68. The third kappa shape index (κ3) is 3.35. The molecule has 1 amide bonds. The van der Waals surface area contributed by atoms with Crippen molar-refractivity contribution in [3.05, 3.63) is 17.5 Å². The Morgan fingerprint density at radius 3 is 2.73 bits per heavy atom. The number of carbonyl (C=O) groups excluding carboxylic acids is 1. The van der Waals surface area contributed by atoms with Gasteiger partial charge in [0.1, 0.15) is 6.61 Å². The Bertz CT molecular complexity index is 504. The second-order valence-corrected chi connectivity index (χ2v) is 6.86. The summed E-state index contributed by atoms with van der Waals surface area (Å²) in [6.45, 7) is 2.08. The van der Waals surface area contributed by atoms with Crippen LogP contribution >= 0.6 is 0 Å². The summed E-state index contributed by atoms with van der Waals surface area (Å²) in [5.41, 5.74) is 0.765. The quantitative estimate of drug-likeness (QED) is 0.859. The van der Waals surface area contributed by atoms with E-state index < -0.39 is 0 Å². The van der Waals surface area contributed by atoms with Gasteiger partial charge in [0.25, 0.3) is 5.91 Å². The van der Waals surface area contributed by atoms with Gasteiger partial charge < -0.3 is 14.2 Å². The van der Waals surface area contributed by atoms with Crippen LogP contribution < -0.4 is 0 Å². The predicted molar refractivity (Wildman–Crippen MR) is 82.5 cm³/mol.